The van der Waals surface area contributed by atoms with Crippen molar-refractivity contribution in [2.24, 2.45) is 0 Å². The summed E-state index contributed by atoms with van der Waals surface area (Å²) in [7, 11) is 0. The second-order valence-electron chi connectivity index (χ2n) is 7.39. The minimum absolute atomic E-state index is 0.449. The second kappa shape index (κ2) is 7.68. The highest BCUT2D eigenvalue weighted by Gasteiger charge is 2.29. The van der Waals surface area contributed by atoms with E-state index in [4.69, 9.17) is 4.42 Å². The fourth-order valence-electron chi connectivity index (χ4n) is 3.65. The van der Waals surface area contributed by atoms with Gasteiger partial charge in [0.15, 0.2) is 0 Å². The summed E-state index contributed by atoms with van der Waals surface area (Å²) >= 11 is 0. The van der Waals surface area contributed by atoms with E-state index in [9.17, 15) is 5.11 Å². The number of pyridine rings is 1. The average molecular weight is 343 g/mol. The molecule has 0 amide bonds. The van der Waals surface area contributed by atoms with E-state index in [1.165, 1.54) is 5.56 Å². The zero-order chi connectivity index (χ0) is 17.9. The molecule has 1 fully saturated rings. The van der Waals surface area contributed by atoms with E-state index >= 15 is 0 Å². The lowest BCUT2D eigenvalue weighted by Gasteiger charge is -2.34. The number of hydrogen-bond acceptors (Lipinski definition) is 5. The van der Waals surface area contributed by atoms with Crippen LogP contribution in [0.25, 0.3) is 0 Å². The summed E-state index contributed by atoms with van der Waals surface area (Å²) in [6.45, 7) is 9.32. The molecule has 3 rings (SSSR count). The average Bonchev–Trinajstić information content (AvgIpc) is 2.95. The lowest BCUT2D eigenvalue weighted by atomic mass is 9.95. The molecule has 0 aromatic carbocycles. The van der Waals surface area contributed by atoms with Crippen LogP contribution in [0.5, 0.6) is 0 Å². The maximum Gasteiger partial charge on any atom is 0.107 e. The van der Waals surface area contributed by atoms with Gasteiger partial charge in [-0.2, -0.15) is 0 Å². The van der Waals surface area contributed by atoms with Gasteiger partial charge in [0.25, 0.3) is 0 Å². The molecule has 0 bridgehead atoms. The van der Waals surface area contributed by atoms with Gasteiger partial charge in [-0.25, -0.2) is 0 Å². The quantitative estimate of drug-likeness (QED) is 0.844. The van der Waals surface area contributed by atoms with Crippen molar-refractivity contribution < 1.29 is 9.52 Å². The molecule has 0 radical (unpaired) electrons. The van der Waals surface area contributed by atoms with Gasteiger partial charge in [0.2, 0.25) is 0 Å². The Morgan fingerprint density at radius 3 is 2.72 bits per heavy atom. The molecule has 3 heterocycles. The second-order valence-corrected chi connectivity index (χ2v) is 7.39. The lowest BCUT2D eigenvalue weighted by Crippen LogP contribution is -2.46. The van der Waals surface area contributed by atoms with Crippen molar-refractivity contribution in [3.63, 3.8) is 0 Å². The van der Waals surface area contributed by atoms with Crippen LogP contribution in [0.2, 0.25) is 0 Å². The molecule has 2 N–H and O–H groups in total. The Balaban J connectivity index is 1.47. The Bertz CT molecular complexity index is 674. The van der Waals surface area contributed by atoms with Crippen LogP contribution in [0.1, 0.15) is 42.4 Å². The number of nitrogens with one attached hydrogen (secondary N) is 1. The van der Waals surface area contributed by atoms with Gasteiger partial charge >= 0.3 is 0 Å². The van der Waals surface area contributed by atoms with Gasteiger partial charge in [-0.3, -0.25) is 9.88 Å². The number of likely N-dealkylation sites (tertiary alicyclic amines) is 1. The predicted molar refractivity (Wildman–Crippen MR) is 98.3 cm³/mol. The molecule has 1 aliphatic rings. The molecule has 2 aromatic rings. The van der Waals surface area contributed by atoms with Gasteiger partial charge in [-0.15, -0.1) is 0 Å². The molecule has 0 spiro atoms. The zero-order valence-electron chi connectivity index (χ0n) is 15.5. The third-order valence-corrected chi connectivity index (χ3v) is 5.07. The topological polar surface area (TPSA) is 61.5 Å². The molecule has 1 saturated heterocycles. The fourth-order valence-corrected chi connectivity index (χ4v) is 3.65. The summed E-state index contributed by atoms with van der Waals surface area (Å²) in [5, 5.41) is 14.4. The molecule has 0 unspecified atom stereocenters. The largest absolute Gasteiger partial charge is 0.466 e. The van der Waals surface area contributed by atoms with Crippen LogP contribution in [-0.4, -0.2) is 40.7 Å². The first-order valence-electron chi connectivity index (χ1n) is 9.08. The number of aliphatic hydroxyl groups is 1. The van der Waals surface area contributed by atoms with E-state index in [0.717, 1.165) is 49.6 Å². The first kappa shape index (κ1) is 18.1. The Morgan fingerprint density at radius 2 is 2.12 bits per heavy atom. The monoisotopic (exact) mass is 343 g/mol. The van der Waals surface area contributed by atoms with E-state index in [-0.39, 0.29) is 0 Å². The van der Waals surface area contributed by atoms with Crippen molar-refractivity contribution >= 4 is 0 Å². The standard InChI is InChI=1S/C20H29N3O2/c1-15-11-19(16(2)25-15)20(3,24)14-22-18-6-9-23(10-7-18)13-17-5-4-8-21-12-17/h4-5,8,11-12,18,22,24H,6-7,9-10,13-14H2,1-3H3/t20-/m1/s1. The molecule has 0 saturated carbocycles. The number of piperidine rings is 1. The maximum atomic E-state index is 10.8. The molecule has 5 nitrogen and oxygen atoms in total. The Labute approximate surface area is 150 Å². The summed E-state index contributed by atoms with van der Waals surface area (Å²) < 4.78 is 5.56. The Kier molecular flexibility index (Phi) is 5.57. The maximum absolute atomic E-state index is 10.8. The predicted octanol–water partition coefficient (Wildman–Crippen LogP) is 2.75. The zero-order valence-corrected chi connectivity index (χ0v) is 15.5. The highest BCUT2D eigenvalue weighted by Crippen LogP contribution is 2.27. The molecule has 0 aliphatic carbocycles. The summed E-state index contributed by atoms with van der Waals surface area (Å²) in [4.78, 5) is 6.65. The van der Waals surface area contributed by atoms with Gasteiger partial charge in [-0.05, 0) is 64.4 Å². The van der Waals surface area contributed by atoms with Crippen molar-refractivity contribution in [1.82, 2.24) is 15.2 Å². The number of aryl methyl sites for hydroxylation is 2. The van der Waals surface area contributed by atoms with E-state index in [2.05, 4.69) is 21.3 Å². The lowest BCUT2D eigenvalue weighted by molar-refractivity contribution is 0.0485. The summed E-state index contributed by atoms with van der Waals surface area (Å²) in [6.07, 6.45) is 5.95. The number of hydrogen-bond donors (Lipinski definition) is 2. The minimum Gasteiger partial charge on any atom is -0.466 e. The molecule has 5 heteroatoms. The minimum atomic E-state index is -0.908. The number of rotatable bonds is 6. The van der Waals surface area contributed by atoms with Gasteiger partial charge in [0, 0.05) is 37.1 Å². The molecule has 25 heavy (non-hydrogen) atoms. The molecule has 1 aliphatic heterocycles. The normalized spacial score (nSPS) is 19.0. The van der Waals surface area contributed by atoms with Crippen LogP contribution >= 0.6 is 0 Å². The van der Waals surface area contributed by atoms with E-state index in [1.807, 2.05) is 45.3 Å². The van der Waals surface area contributed by atoms with Gasteiger partial charge in [0.05, 0.1) is 0 Å². The molecule has 2 aromatic heterocycles. The van der Waals surface area contributed by atoms with Crippen molar-refractivity contribution in [2.75, 3.05) is 19.6 Å². The SMILES string of the molecule is Cc1cc([C@](C)(O)CNC2CCN(Cc3cccnc3)CC2)c(C)o1. The summed E-state index contributed by atoms with van der Waals surface area (Å²) in [5.74, 6) is 1.65. The summed E-state index contributed by atoms with van der Waals surface area (Å²) in [6, 6.07) is 6.51. The third kappa shape index (κ3) is 4.69. The Morgan fingerprint density at radius 1 is 1.36 bits per heavy atom. The van der Waals surface area contributed by atoms with Crippen molar-refractivity contribution in [3.8, 4) is 0 Å². The highest BCUT2D eigenvalue weighted by atomic mass is 16.3. The Hall–Kier alpha value is -1.69. The van der Waals surface area contributed by atoms with Crippen molar-refractivity contribution in [1.29, 1.82) is 0 Å². The van der Waals surface area contributed by atoms with E-state index in [1.54, 1.807) is 0 Å². The van der Waals surface area contributed by atoms with Gasteiger partial charge in [0.1, 0.15) is 17.1 Å². The van der Waals surface area contributed by atoms with E-state index < -0.39 is 5.60 Å². The third-order valence-electron chi connectivity index (χ3n) is 5.07. The molecule has 136 valence electrons. The number of furan rings is 1. The molecule has 1 atom stereocenters. The summed E-state index contributed by atoms with van der Waals surface area (Å²) in [5.41, 5.74) is 1.24. The van der Waals surface area contributed by atoms with Crippen molar-refractivity contribution in [2.45, 2.75) is 51.8 Å². The smallest absolute Gasteiger partial charge is 0.107 e. The van der Waals surface area contributed by atoms with E-state index in [0.29, 0.717) is 12.6 Å². The van der Waals surface area contributed by atoms with Crippen LogP contribution in [-0.2, 0) is 12.1 Å². The van der Waals surface area contributed by atoms with Crippen LogP contribution < -0.4 is 5.32 Å². The molecular formula is C20H29N3O2. The first-order valence-corrected chi connectivity index (χ1v) is 9.08. The van der Waals surface area contributed by atoms with Crippen LogP contribution in [0, 0.1) is 13.8 Å². The van der Waals surface area contributed by atoms with Gasteiger partial charge < -0.3 is 14.8 Å². The fraction of sp³-hybridized carbons (Fsp3) is 0.550. The van der Waals surface area contributed by atoms with Crippen molar-refractivity contribution in [3.05, 3.63) is 53.2 Å². The number of aromatic nitrogens is 1. The molecular weight excluding hydrogens is 314 g/mol. The van der Waals surface area contributed by atoms with Crippen LogP contribution in [0.15, 0.2) is 35.0 Å². The van der Waals surface area contributed by atoms with Crippen LogP contribution in [0.4, 0.5) is 0 Å². The van der Waals surface area contributed by atoms with Crippen LogP contribution in [0.3, 0.4) is 0 Å². The van der Waals surface area contributed by atoms with Gasteiger partial charge in [-0.1, -0.05) is 6.07 Å². The first-order chi connectivity index (χ1) is 11.9. The highest BCUT2D eigenvalue weighted by molar-refractivity contribution is 5.26. The number of nitrogens with zero attached hydrogens (tertiary/aromatic N) is 2.